The molecule has 7 nitrogen and oxygen atoms in total. The van der Waals surface area contributed by atoms with Crippen LogP contribution in [-0.4, -0.2) is 46.3 Å². The van der Waals surface area contributed by atoms with Crippen molar-refractivity contribution in [1.82, 2.24) is 25.3 Å². The number of rotatable bonds is 8. The predicted molar refractivity (Wildman–Crippen MR) is 108 cm³/mol. The van der Waals surface area contributed by atoms with Crippen LogP contribution in [0.4, 0.5) is 4.79 Å². The number of hydrogen-bond donors (Lipinski definition) is 2. The van der Waals surface area contributed by atoms with Gasteiger partial charge in [-0.25, -0.2) is 4.79 Å². The van der Waals surface area contributed by atoms with E-state index in [1.54, 1.807) is 0 Å². The number of nitrogens with one attached hydrogen (secondary N) is 2. The lowest BCUT2D eigenvalue weighted by Crippen LogP contribution is -2.43. The monoisotopic (exact) mass is 383 g/mol. The second-order valence-corrected chi connectivity index (χ2v) is 7.31. The fourth-order valence-corrected chi connectivity index (χ4v) is 3.58. The van der Waals surface area contributed by atoms with Gasteiger partial charge in [-0.3, -0.25) is 9.48 Å². The fraction of sp³-hybridized carbons (Fsp3) is 0.476. The molecule has 1 saturated heterocycles. The number of carbonyl (C=O) groups excluding carboxylic acids is 2. The third-order valence-electron chi connectivity index (χ3n) is 5.02. The lowest BCUT2D eigenvalue weighted by molar-refractivity contribution is -0.128. The average molecular weight is 383 g/mol. The number of aromatic nitrogens is 2. The summed E-state index contributed by atoms with van der Waals surface area (Å²) in [5.41, 5.74) is 3.13. The molecule has 1 fully saturated rings. The number of aryl methyl sites for hydroxylation is 3. The Labute approximate surface area is 166 Å². The summed E-state index contributed by atoms with van der Waals surface area (Å²) in [6.07, 6.45) is 2.29. The van der Waals surface area contributed by atoms with Crippen LogP contribution in [-0.2, 0) is 11.3 Å². The van der Waals surface area contributed by atoms with Crippen LogP contribution < -0.4 is 10.6 Å². The predicted octanol–water partition coefficient (Wildman–Crippen LogP) is 2.55. The molecule has 0 radical (unpaired) electrons. The van der Waals surface area contributed by atoms with Crippen molar-refractivity contribution < 1.29 is 9.59 Å². The van der Waals surface area contributed by atoms with Crippen LogP contribution in [0, 0.1) is 13.8 Å². The molecule has 2 heterocycles. The summed E-state index contributed by atoms with van der Waals surface area (Å²) >= 11 is 0. The molecule has 0 aliphatic carbocycles. The van der Waals surface area contributed by atoms with Crippen LogP contribution in [0.1, 0.15) is 42.3 Å². The maximum Gasteiger partial charge on any atom is 0.315 e. The quantitative estimate of drug-likeness (QED) is 0.688. The van der Waals surface area contributed by atoms with Gasteiger partial charge in [0.25, 0.3) is 0 Å². The Kier molecular flexibility index (Phi) is 6.68. The zero-order chi connectivity index (χ0) is 19.9. The zero-order valence-corrected chi connectivity index (χ0v) is 16.6. The van der Waals surface area contributed by atoms with Crippen molar-refractivity contribution in [2.75, 3.05) is 19.6 Å². The molecule has 3 amide bonds. The maximum atomic E-state index is 12.4. The Morgan fingerprint density at radius 3 is 2.68 bits per heavy atom. The molecular weight excluding hydrogens is 354 g/mol. The highest BCUT2D eigenvalue weighted by Gasteiger charge is 2.25. The normalized spacial score (nSPS) is 14.9. The molecule has 1 unspecified atom stereocenters. The summed E-state index contributed by atoms with van der Waals surface area (Å²) in [6.45, 7) is 6.60. The van der Waals surface area contributed by atoms with Crippen molar-refractivity contribution in [3.63, 3.8) is 0 Å². The summed E-state index contributed by atoms with van der Waals surface area (Å²) < 4.78 is 1.96. The Balaban J connectivity index is 1.50. The van der Waals surface area contributed by atoms with Crippen molar-refractivity contribution in [3.8, 4) is 0 Å². The van der Waals surface area contributed by atoms with Gasteiger partial charge in [0, 0.05) is 38.3 Å². The molecule has 7 heteroatoms. The molecule has 1 aromatic heterocycles. The number of urea groups is 1. The largest absolute Gasteiger partial charge is 0.340 e. The molecule has 0 bridgehead atoms. The second kappa shape index (κ2) is 9.39. The Morgan fingerprint density at radius 1 is 1.25 bits per heavy atom. The van der Waals surface area contributed by atoms with Gasteiger partial charge in [0.1, 0.15) is 0 Å². The van der Waals surface area contributed by atoms with E-state index in [-0.39, 0.29) is 18.0 Å². The topological polar surface area (TPSA) is 79.3 Å². The smallest absolute Gasteiger partial charge is 0.315 e. The van der Waals surface area contributed by atoms with Gasteiger partial charge >= 0.3 is 6.03 Å². The molecule has 28 heavy (non-hydrogen) atoms. The fourth-order valence-electron chi connectivity index (χ4n) is 3.58. The highest BCUT2D eigenvalue weighted by molar-refractivity contribution is 5.78. The molecule has 1 aromatic carbocycles. The first-order valence-electron chi connectivity index (χ1n) is 9.91. The van der Waals surface area contributed by atoms with Gasteiger partial charge in [0.05, 0.1) is 11.7 Å². The number of nitrogens with zero attached hydrogens (tertiary/aromatic N) is 3. The van der Waals surface area contributed by atoms with E-state index in [0.717, 1.165) is 42.9 Å². The SMILES string of the molecule is Cc1cc(C)n(CCCNC(=O)NC(CN2CCCC2=O)c2ccccc2)n1. The zero-order valence-electron chi connectivity index (χ0n) is 16.6. The van der Waals surface area contributed by atoms with Crippen LogP contribution >= 0.6 is 0 Å². The summed E-state index contributed by atoms with van der Waals surface area (Å²) in [6, 6.07) is 11.4. The van der Waals surface area contributed by atoms with Crippen LogP contribution in [0.2, 0.25) is 0 Å². The van der Waals surface area contributed by atoms with Gasteiger partial charge in [-0.15, -0.1) is 0 Å². The minimum atomic E-state index is -0.223. The number of hydrogen-bond acceptors (Lipinski definition) is 3. The van der Waals surface area contributed by atoms with E-state index in [2.05, 4.69) is 15.7 Å². The Bertz CT molecular complexity index is 802. The van der Waals surface area contributed by atoms with Crippen LogP contribution in [0.15, 0.2) is 36.4 Å². The number of carbonyl (C=O) groups is 2. The molecule has 1 aliphatic rings. The summed E-state index contributed by atoms with van der Waals surface area (Å²) in [5.74, 6) is 0.160. The van der Waals surface area contributed by atoms with E-state index >= 15 is 0 Å². The molecule has 150 valence electrons. The van der Waals surface area contributed by atoms with E-state index < -0.39 is 0 Å². The van der Waals surface area contributed by atoms with Crippen molar-refractivity contribution >= 4 is 11.9 Å². The molecule has 0 spiro atoms. The molecule has 3 rings (SSSR count). The van der Waals surface area contributed by atoms with Crippen LogP contribution in [0.25, 0.3) is 0 Å². The van der Waals surface area contributed by atoms with E-state index in [0.29, 0.717) is 19.5 Å². The average Bonchev–Trinajstić information content (AvgIpc) is 3.23. The second-order valence-electron chi connectivity index (χ2n) is 7.31. The first-order chi connectivity index (χ1) is 13.5. The minimum Gasteiger partial charge on any atom is -0.340 e. The van der Waals surface area contributed by atoms with Gasteiger partial charge in [-0.1, -0.05) is 30.3 Å². The Morgan fingerprint density at radius 2 is 2.04 bits per heavy atom. The van der Waals surface area contributed by atoms with Gasteiger partial charge in [0.2, 0.25) is 5.91 Å². The molecule has 0 saturated carbocycles. The lowest BCUT2D eigenvalue weighted by Gasteiger charge is -2.25. The number of likely N-dealkylation sites (tertiary alicyclic amines) is 1. The third-order valence-corrected chi connectivity index (χ3v) is 5.02. The number of benzene rings is 1. The molecule has 2 N–H and O–H groups in total. The highest BCUT2D eigenvalue weighted by Crippen LogP contribution is 2.18. The molecule has 1 aliphatic heterocycles. The van der Waals surface area contributed by atoms with E-state index in [1.807, 2.05) is 59.8 Å². The lowest BCUT2D eigenvalue weighted by atomic mass is 10.1. The summed E-state index contributed by atoms with van der Waals surface area (Å²) in [4.78, 5) is 26.2. The summed E-state index contributed by atoms with van der Waals surface area (Å²) in [5, 5.41) is 10.4. The van der Waals surface area contributed by atoms with Gasteiger partial charge in [-0.2, -0.15) is 5.10 Å². The van der Waals surface area contributed by atoms with Gasteiger partial charge in [0.15, 0.2) is 0 Å². The van der Waals surface area contributed by atoms with Crippen molar-refractivity contribution in [2.45, 2.75) is 45.7 Å². The number of amides is 3. The van der Waals surface area contributed by atoms with E-state index in [9.17, 15) is 9.59 Å². The molecule has 2 aromatic rings. The molecular formula is C21H29N5O2. The Hall–Kier alpha value is -2.83. The van der Waals surface area contributed by atoms with Crippen molar-refractivity contribution in [2.24, 2.45) is 0 Å². The van der Waals surface area contributed by atoms with E-state index in [1.165, 1.54) is 0 Å². The highest BCUT2D eigenvalue weighted by atomic mass is 16.2. The van der Waals surface area contributed by atoms with Crippen LogP contribution in [0.3, 0.4) is 0 Å². The first kappa shape index (κ1) is 19.9. The van der Waals surface area contributed by atoms with Gasteiger partial charge in [-0.05, 0) is 38.3 Å². The van der Waals surface area contributed by atoms with Crippen molar-refractivity contribution in [1.29, 1.82) is 0 Å². The van der Waals surface area contributed by atoms with Gasteiger partial charge < -0.3 is 15.5 Å². The summed E-state index contributed by atoms with van der Waals surface area (Å²) in [7, 11) is 0. The van der Waals surface area contributed by atoms with E-state index in [4.69, 9.17) is 0 Å². The first-order valence-corrected chi connectivity index (χ1v) is 9.91. The maximum absolute atomic E-state index is 12.4. The van der Waals surface area contributed by atoms with Crippen molar-refractivity contribution in [3.05, 3.63) is 53.3 Å². The minimum absolute atomic E-state index is 0.160. The molecule has 1 atom stereocenters. The third kappa shape index (κ3) is 5.34. The standard InChI is InChI=1S/C21H29N5O2/c1-16-14-17(2)26(24-16)13-7-11-22-21(28)23-19(18-8-4-3-5-9-18)15-25-12-6-10-20(25)27/h3-5,8-9,14,19H,6-7,10-13,15H2,1-2H3,(H2,22,23,28). The van der Waals surface area contributed by atoms with Crippen LogP contribution in [0.5, 0.6) is 0 Å².